The highest BCUT2D eigenvalue weighted by Gasteiger charge is 2.33. The molecule has 1 saturated heterocycles. The number of hydrogen-bond acceptors (Lipinski definition) is 14. The number of nitrogens with one attached hydrogen (secondary N) is 4. The molecule has 5 aromatic rings. The Morgan fingerprint density at radius 1 is 0.918 bits per heavy atom. The SMILES string of the molecule is CCN(CC)c1ccc2c(-c3ccc(S(=O)(=O)NCCNC(=O)c4ccc(Nc5nc(N(C)[C@H]6CN(C(=O)CC#N)CC[C@H]6C)c6cc[nH]c6n5)cc4)cc3S(=O)(=O)[O-])c3ccc(=[N+](CC)CC)cc-3oc2c1. The molecule has 19 nitrogen and oxygen atoms in total. The third kappa shape index (κ3) is 11.0. The number of nitrogens with zero attached hydrogens (tertiary/aromatic N) is 7. The summed E-state index contributed by atoms with van der Waals surface area (Å²) in [6.07, 6.45) is 2.38. The van der Waals surface area contributed by atoms with E-state index in [4.69, 9.17) is 14.7 Å². The van der Waals surface area contributed by atoms with Crippen LogP contribution in [0.3, 0.4) is 0 Å². The van der Waals surface area contributed by atoms with Crippen LogP contribution in [-0.4, -0.2) is 119 Å². The van der Waals surface area contributed by atoms with Gasteiger partial charge in [0.25, 0.3) is 5.91 Å². The number of carbonyl (C=O) groups excluding carboxylic acids is 2. The van der Waals surface area contributed by atoms with Crippen molar-refractivity contribution in [3.8, 4) is 28.5 Å². The van der Waals surface area contributed by atoms with Crippen molar-refractivity contribution in [1.29, 1.82) is 5.26 Å². The van der Waals surface area contributed by atoms with Crippen LogP contribution in [0.15, 0.2) is 105 Å². The van der Waals surface area contributed by atoms with E-state index in [1.54, 1.807) is 35.4 Å². The highest BCUT2D eigenvalue weighted by atomic mass is 32.2. The van der Waals surface area contributed by atoms with Crippen LogP contribution < -0.4 is 35.1 Å². The standard InChI is InChI=1S/C52H59N11O8S2/c1-7-61(8-2)36-15-18-39-44(29-36)71-45-30-37(62(9-3)10-4)16-19-40(45)48(39)41-20-17-38(31-46(41)73(68,69)70)72(66,67)56-27-26-55-51(65)34-11-13-35(14-12-34)57-52-58-49-42(22-25-54-49)50(59-52)60(6)43-32-63(28-23-33(43)5)47(64)21-24-53/h11-20,22,25,29-31,33,43,56H,7-10,21,23,26-28,32H2,1-6H3,(H3-,54,55,57,58,59,65,68,69,70)/t33-,43+/m1/s1. The Labute approximate surface area is 424 Å². The van der Waals surface area contributed by atoms with Crippen molar-refractivity contribution in [3.05, 3.63) is 102 Å². The Morgan fingerprint density at radius 2 is 1.66 bits per heavy atom. The maximum Gasteiger partial charge on any atom is 0.251 e. The average molecular weight is 1030 g/mol. The van der Waals surface area contributed by atoms with Crippen LogP contribution in [0.1, 0.15) is 57.8 Å². The Hall–Kier alpha value is -7.38. The van der Waals surface area contributed by atoms with Gasteiger partial charge >= 0.3 is 0 Å². The minimum atomic E-state index is -5.25. The normalized spacial score (nSPS) is 15.1. The van der Waals surface area contributed by atoms with E-state index in [-0.39, 0.29) is 42.9 Å². The first-order chi connectivity index (χ1) is 35.0. The predicted octanol–water partition coefficient (Wildman–Crippen LogP) is 6.08. The highest BCUT2D eigenvalue weighted by Crippen LogP contribution is 2.43. The van der Waals surface area contributed by atoms with Crippen LogP contribution in [0.25, 0.3) is 44.5 Å². The van der Waals surface area contributed by atoms with Gasteiger partial charge in [0, 0.05) is 104 Å². The molecule has 21 heteroatoms. The molecule has 0 bridgehead atoms. The molecule has 2 atom stereocenters. The largest absolute Gasteiger partial charge is 0.744 e. The molecule has 2 aromatic heterocycles. The lowest BCUT2D eigenvalue weighted by molar-refractivity contribution is -0.131. The Kier molecular flexibility index (Phi) is 15.5. The van der Waals surface area contributed by atoms with E-state index in [1.807, 2.05) is 88.2 Å². The van der Waals surface area contributed by atoms with Gasteiger partial charge in [0.05, 0.1) is 33.4 Å². The molecule has 1 fully saturated rings. The lowest BCUT2D eigenvalue weighted by Crippen LogP contribution is -2.52. The Morgan fingerprint density at radius 3 is 2.36 bits per heavy atom. The van der Waals surface area contributed by atoms with Crippen LogP contribution in [0.4, 0.5) is 23.1 Å². The molecule has 0 saturated carbocycles. The molecule has 3 aromatic carbocycles. The molecule has 0 radical (unpaired) electrons. The Balaban J connectivity index is 0.965. The van der Waals surface area contributed by atoms with Gasteiger partial charge in [0.1, 0.15) is 52.4 Å². The van der Waals surface area contributed by atoms with Gasteiger partial charge in [-0.2, -0.15) is 15.2 Å². The van der Waals surface area contributed by atoms with Crippen LogP contribution in [0, 0.1) is 17.2 Å². The monoisotopic (exact) mass is 1030 g/mol. The topological polar surface area (TPSA) is 253 Å². The number of piperidine rings is 1. The molecule has 2 aliphatic heterocycles. The number of sulfonamides is 1. The van der Waals surface area contributed by atoms with Crippen molar-refractivity contribution < 1.29 is 35.4 Å². The van der Waals surface area contributed by atoms with Gasteiger partial charge in [-0.05, 0) is 101 Å². The number of aromatic amines is 1. The van der Waals surface area contributed by atoms with Crippen molar-refractivity contribution >= 4 is 77.1 Å². The molecule has 0 spiro atoms. The third-order valence-electron chi connectivity index (χ3n) is 13.6. The van der Waals surface area contributed by atoms with Gasteiger partial charge in [-0.3, -0.25) is 9.59 Å². The number of nitriles is 1. The number of likely N-dealkylation sites (N-methyl/N-ethyl adjacent to an activating group) is 1. The number of likely N-dealkylation sites (tertiary alicyclic amines) is 1. The van der Waals surface area contributed by atoms with Crippen LogP contribution in [0.5, 0.6) is 0 Å². The summed E-state index contributed by atoms with van der Waals surface area (Å²) in [5.41, 5.74) is 3.79. The molecule has 8 rings (SSSR count). The fraction of sp³-hybridized carbons (Fsp3) is 0.346. The number of hydrogen-bond donors (Lipinski definition) is 4. The second kappa shape index (κ2) is 21.8. The summed E-state index contributed by atoms with van der Waals surface area (Å²) in [4.78, 5) is 43.2. The van der Waals surface area contributed by atoms with Gasteiger partial charge in [-0.25, -0.2) is 26.1 Å². The summed E-state index contributed by atoms with van der Waals surface area (Å²) in [5, 5.41) is 17.2. The molecule has 4 N–H and O–H groups in total. The summed E-state index contributed by atoms with van der Waals surface area (Å²) >= 11 is 0. The third-order valence-corrected chi connectivity index (χ3v) is 15.9. The maximum absolute atomic E-state index is 13.7. The number of aromatic nitrogens is 3. The lowest BCUT2D eigenvalue weighted by Gasteiger charge is -2.42. The number of rotatable bonds is 18. The zero-order valence-corrected chi connectivity index (χ0v) is 43.2. The quantitative estimate of drug-likeness (QED) is 0.0329. The molecule has 0 unspecified atom stereocenters. The minimum absolute atomic E-state index is 0.0241. The molecular formula is C52H59N11O8S2. The van der Waals surface area contributed by atoms with Crippen LogP contribution >= 0.6 is 0 Å². The molecule has 73 heavy (non-hydrogen) atoms. The highest BCUT2D eigenvalue weighted by molar-refractivity contribution is 7.89. The number of H-pyrrole nitrogens is 1. The summed E-state index contributed by atoms with van der Waals surface area (Å²) in [7, 11) is -7.71. The maximum atomic E-state index is 13.7. The van der Waals surface area contributed by atoms with E-state index in [1.165, 1.54) is 12.1 Å². The van der Waals surface area contributed by atoms with E-state index in [9.17, 15) is 31.0 Å². The average Bonchev–Trinajstić information content (AvgIpc) is 3.86. The van der Waals surface area contributed by atoms with Gasteiger partial charge in [0.15, 0.2) is 0 Å². The summed E-state index contributed by atoms with van der Waals surface area (Å²) in [5.74, 6) is 0.975. The molecular weight excluding hydrogens is 971 g/mol. The number of benzene rings is 4. The second-order valence-corrected chi connectivity index (χ2v) is 21.0. The number of anilines is 4. The van der Waals surface area contributed by atoms with Crippen molar-refractivity contribution in [2.24, 2.45) is 5.92 Å². The molecule has 3 aliphatic rings. The fourth-order valence-corrected chi connectivity index (χ4v) is 11.4. The summed E-state index contributed by atoms with van der Waals surface area (Å²) in [6.45, 7) is 13.9. The first-order valence-corrected chi connectivity index (χ1v) is 27.2. The van der Waals surface area contributed by atoms with Gasteiger partial charge < -0.3 is 39.3 Å². The van der Waals surface area contributed by atoms with Gasteiger partial charge in [-0.15, -0.1) is 0 Å². The molecule has 1 aliphatic carbocycles. The molecule has 4 heterocycles. The number of carbonyl (C=O) groups is 2. The zero-order chi connectivity index (χ0) is 52.2. The van der Waals surface area contributed by atoms with Crippen LogP contribution in [0.2, 0.25) is 0 Å². The number of fused-ring (bicyclic) bond motifs is 3. The first-order valence-electron chi connectivity index (χ1n) is 24.3. The molecule has 382 valence electrons. The number of amides is 2. The van der Waals surface area contributed by atoms with E-state index in [0.717, 1.165) is 55.1 Å². The lowest BCUT2D eigenvalue weighted by atomic mass is 9.92. The molecule has 2 amide bonds. The van der Waals surface area contributed by atoms with Crippen LogP contribution in [-0.2, 0) is 24.9 Å². The van der Waals surface area contributed by atoms with Gasteiger partial charge in [0.2, 0.25) is 27.2 Å². The van der Waals surface area contributed by atoms with Crippen molar-refractivity contribution in [3.63, 3.8) is 0 Å². The first kappa shape index (κ1) is 52.0. The van der Waals surface area contributed by atoms with E-state index >= 15 is 0 Å². The smallest absolute Gasteiger partial charge is 0.251 e. The Bertz CT molecular complexity index is 3510. The minimum Gasteiger partial charge on any atom is -0.744 e. The fourth-order valence-electron chi connectivity index (χ4n) is 9.56. The second-order valence-electron chi connectivity index (χ2n) is 17.9. The van der Waals surface area contributed by atoms with Gasteiger partial charge in [-0.1, -0.05) is 13.0 Å². The summed E-state index contributed by atoms with van der Waals surface area (Å²) in [6, 6.07) is 25.0. The van der Waals surface area contributed by atoms with E-state index < -0.39 is 35.8 Å². The van der Waals surface area contributed by atoms with Crippen molar-refractivity contribution in [1.82, 2.24) is 34.5 Å². The van der Waals surface area contributed by atoms with E-state index in [2.05, 4.69) is 41.7 Å². The van der Waals surface area contributed by atoms with Crippen molar-refractivity contribution in [2.45, 2.75) is 63.3 Å². The van der Waals surface area contributed by atoms with E-state index in [0.29, 0.717) is 69.6 Å². The van der Waals surface area contributed by atoms with Crippen molar-refractivity contribution in [2.75, 3.05) is 74.5 Å². The zero-order valence-electron chi connectivity index (χ0n) is 41.6. The predicted molar refractivity (Wildman–Crippen MR) is 280 cm³/mol. The summed E-state index contributed by atoms with van der Waals surface area (Å²) < 4.78 is 77.7.